The summed E-state index contributed by atoms with van der Waals surface area (Å²) in [6.45, 7) is 5.97. The van der Waals surface area contributed by atoms with Crippen molar-refractivity contribution in [2.75, 3.05) is 5.32 Å². The lowest BCUT2D eigenvalue weighted by atomic mass is 10.1. The third-order valence-corrected chi connectivity index (χ3v) is 5.90. The lowest BCUT2D eigenvalue weighted by Gasteiger charge is -2.12. The molecule has 1 aromatic carbocycles. The van der Waals surface area contributed by atoms with E-state index in [0.717, 1.165) is 27.6 Å². The number of nitrogens with one attached hydrogen (secondary N) is 1. The van der Waals surface area contributed by atoms with Crippen LogP contribution < -0.4 is 5.32 Å². The van der Waals surface area contributed by atoms with Crippen LogP contribution in [0.5, 0.6) is 0 Å². The van der Waals surface area contributed by atoms with Gasteiger partial charge in [-0.2, -0.15) is 5.10 Å². The maximum absolute atomic E-state index is 13.1. The summed E-state index contributed by atoms with van der Waals surface area (Å²) in [6, 6.07) is 13.1. The minimum absolute atomic E-state index is 0.0781. The highest BCUT2D eigenvalue weighted by Gasteiger charge is 2.22. The standard InChI is InChI=1S/C22H20ClN5OS/c1-13(2)19-17(12-25-28(19)16-8-6-7-15(23)11-16)21(29)27-22-26-14(3)20(30-22)18-9-4-5-10-24-18/h4-13H,1-3H3,(H,26,27,29). The van der Waals surface area contributed by atoms with Crippen LogP contribution in [0.15, 0.2) is 54.9 Å². The smallest absolute Gasteiger partial charge is 0.260 e. The molecule has 0 saturated heterocycles. The number of nitrogens with zero attached hydrogens (tertiary/aromatic N) is 4. The van der Waals surface area contributed by atoms with Crippen LogP contribution in [0.3, 0.4) is 0 Å². The van der Waals surface area contributed by atoms with Crippen LogP contribution in [0.2, 0.25) is 5.02 Å². The van der Waals surface area contributed by atoms with Crippen molar-refractivity contribution in [1.82, 2.24) is 19.7 Å². The molecule has 3 heterocycles. The van der Waals surface area contributed by atoms with E-state index in [2.05, 4.69) is 20.4 Å². The fourth-order valence-electron chi connectivity index (χ4n) is 3.25. The van der Waals surface area contributed by atoms with Gasteiger partial charge in [0, 0.05) is 11.2 Å². The number of amides is 1. The Morgan fingerprint density at radius 2 is 2.03 bits per heavy atom. The predicted octanol–water partition coefficient (Wildman–Crippen LogP) is 5.73. The maximum atomic E-state index is 13.1. The topological polar surface area (TPSA) is 72.7 Å². The van der Waals surface area contributed by atoms with E-state index in [1.165, 1.54) is 11.3 Å². The summed E-state index contributed by atoms with van der Waals surface area (Å²) >= 11 is 7.54. The second-order valence-corrected chi connectivity index (χ2v) is 8.53. The normalized spacial score (nSPS) is 11.1. The number of carbonyl (C=O) groups is 1. The van der Waals surface area contributed by atoms with E-state index >= 15 is 0 Å². The van der Waals surface area contributed by atoms with Gasteiger partial charge < -0.3 is 0 Å². The minimum atomic E-state index is -0.242. The molecule has 0 fully saturated rings. The number of thiazole rings is 1. The predicted molar refractivity (Wildman–Crippen MR) is 121 cm³/mol. The molecule has 4 rings (SSSR count). The second-order valence-electron chi connectivity index (χ2n) is 7.09. The number of anilines is 1. The van der Waals surface area contributed by atoms with E-state index in [1.807, 2.05) is 57.2 Å². The van der Waals surface area contributed by atoms with Gasteiger partial charge in [-0.3, -0.25) is 15.1 Å². The number of hydrogen-bond acceptors (Lipinski definition) is 5. The Labute approximate surface area is 183 Å². The Morgan fingerprint density at radius 1 is 1.20 bits per heavy atom. The van der Waals surface area contributed by atoms with Crippen molar-refractivity contribution >= 4 is 34.0 Å². The van der Waals surface area contributed by atoms with Crippen molar-refractivity contribution in [2.45, 2.75) is 26.7 Å². The van der Waals surface area contributed by atoms with Crippen molar-refractivity contribution in [3.05, 3.63) is 76.8 Å². The summed E-state index contributed by atoms with van der Waals surface area (Å²) in [5.74, 6) is -0.164. The van der Waals surface area contributed by atoms with Gasteiger partial charge in [0.25, 0.3) is 5.91 Å². The lowest BCUT2D eigenvalue weighted by Crippen LogP contribution is -2.15. The molecule has 4 aromatic rings. The summed E-state index contributed by atoms with van der Waals surface area (Å²) in [5.41, 5.74) is 3.80. The van der Waals surface area contributed by atoms with Gasteiger partial charge in [0.2, 0.25) is 0 Å². The summed E-state index contributed by atoms with van der Waals surface area (Å²) in [7, 11) is 0. The molecule has 152 valence electrons. The van der Waals surface area contributed by atoms with Crippen LogP contribution in [0.1, 0.15) is 41.5 Å². The van der Waals surface area contributed by atoms with E-state index in [9.17, 15) is 4.79 Å². The van der Waals surface area contributed by atoms with Crippen LogP contribution in [-0.2, 0) is 0 Å². The largest absolute Gasteiger partial charge is 0.298 e. The molecule has 0 aliphatic rings. The van der Waals surface area contributed by atoms with E-state index in [1.54, 1.807) is 23.1 Å². The number of hydrogen-bond donors (Lipinski definition) is 1. The van der Waals surface area contributed by atoms with Crippen LogP contribution in [0.25, 0.3) is 16.3 Å². The van der Waals surface area contributed by atoms with E-state index in [-0.39, 0.29) is 11.8 Å². The molecule has 30 heavy (non-hydrogen) atoms. The molecule has 0 aliphatic carbocycles. The second kappa shape index (κ2) is 8.38. The van der Waals surface area contributed by atoms with Crippen molar-refractivity contribution in [3.63, 3.8) is 0 Å². The number of halogens is 1. The molecular weight excluding hydrogens is 418 g/mol. The highest BCUT2D eigenvalue weighted by atomic mass is 35.5. The zero-order valence-corrected chi connectivity index (χ0v) is 18.3. The Bertz CT molecular complexity index is 1200. The number of benzene rings is 1. The van der Waals surface area contributed by atoms with Crippen molar-refractivity contribution in [1.29, 1.82) is 0 Å². The fraction of sp³-hybridized carbons (Fsp3) is 0.182. The fourth-order valence-corrected chi connectivity index (χ4v) is 4.37. The summed E-state index contributed by atoms with van der Waals surface area (Å²) in [6.07, 6.45) is 3.33. The quantitative estimate of drug-likeness (QED) is 0.432. The van der Waals surface area contributed by atoms with Crippen LogP contribution >= 0.6 is 22.9 Å². The van der Waals surface area contributed by atoms with Gasteiger partial charge in [-0.1, -0.05) is 48.9 Å². The van der Waals surface area contributed by atoms with Crippen LogP contribution in [-0.4, -0.2) is 25.7 Å². The van der Waals surface area contributed by atoms with Crippen molar-refractivity contribution < 1.29 is 4.79 Å². The molecule has 0 bridgehead atoms. The van der Waals surface area contributed by atoms with Crippen molar-refractivity contribution in [3.8, 4) is 16.3 Å². The molecule has 0 saturated carbocycles. The van der Waals surface area contributed by atoms with Gasteiger partial charge in [0.15, 0.2) is 5.13 Å². The summed E-state index contributed by atoms with van der Waals surface area (Å²) in [5, 5.41) is 8.52. The first-order valence-electron chi connectivity index (χ1n) is 9.48. The summed E-state index contributed by atoms with van der Waals surface area (Å²) in [4.78, 5) is 22.9. The number of pyridine rings is 1. The number of carbonyl (C=O) groups excluding carboxylic acids is 1. The molecule has 3 aromatic heterocycles. The molecule has 8 heteroatoms. The number of rotatable bonds is 5. The first-order chi connectivity index (χ1) is 14.4. The number of aromatic nitrogens is 4. The molecule has 1 amide bonds. The Kier molecular flexibility index (Phi) is 5.65. The van der Waals surface area contributed by atoms with Crippen LogP contribution in [0.4, 0.5) is 5.13 Å². The van der Waals surface area contributed by atoms with Gasteiger partial charge in [-0.15, -0.1) is 0 Å². The first kappa shape index (κ1) is 20.3. The highest BCUT2D eigenvalue weighted by molar-refractivity contribution is 7.19. The molecule has 6 nitrogen and oxygen atoms in total. The van der Waals surface area contributed by atoms with Gasteiger partial charge >= 0.3 is 0 Å². The Morgan fingerprint density at radius 3 is 2.73 bits per heavy atom. The Hall–Kier alpha value is -3.03. The zero-order valence-electron chi connectivity index (χ0n) is 16.8. The average Bonchev–Trinajstić information content (AvgIpc) is 3.32. The molecule has 0 radical (unpaired) electrons. The van der Waals surface area contributed by atoms with Crippen molar-refractivity contribution in [2.24, 2.45) is 0 Å². The molecular formula is C22H20ClN5OS. The molecule has 0 atom stereocenters. The van der Waals surface area contributed by atoms with Gasteiger partial charge in [0.05, 0.1) is 39.4 Å². The number of aryl methyl sites for hydroxylation is 1. The van der Waals surface area contributed by atoms with Gasteiger partial charge in [0.1, 0.15) is 0 Å². The third-order valence-electron chi connectivity index (χ3n) is 4.57. The highest BCUT2D eigenvalue weighted by Crippen LogP contribution is 2.32. The van der Waals surface area contributed by atoms with E-state index < -0.39 is 0 Å². The molecule has 1 N–H and O–H groups in total. The zero-order chi connectivity index (χ0) is 21.3. The van der Waals surface area contributed by atoms with E-state index in [0.29, 0.717) is 15.7 Å². The molecule has 0 aliphatic heterocycles. The molecule has 0 spiro atoms. The monoisotopic (exact) mass is 437 g/mol. The summed E-state index contributed by atoms with van der Waals surface area (Å²) < 4.78 is 1.76. The SMILES string of the molecule is Cc1nc(NC(=O)c2cnn(-c3cccc(Cl)c3)c2C(C)C)sc1-c1ccccn1. The van der Waals surface area contributed by atoms with Crippen LogP contribution in [0, 0.1) is 6.92 Å². The minimum Gasteiger partial charge on any atom is -0.298 e. The average molecular weight is 438 g/mol. The first-order valence-corrected chi connectivity index (χ1v) is 10.7. The van der Waals surface area contributed by atoms with E-state index in [4.69, 9.17) is 11.6 Å². The Balaban J connectivity index is 1.65. The lowest BCUT2D eigenvalue weighted by molar-refractivity contribution is 0.102. The van der Waals surface area contributed by atoms with Gasteiger partial charge in [-0.05, 0) is 43.2 Å². The maximum Gasteiger partial charge on any atom is 0.260 e. The third kappa shape index (κ3) is 3.99. The van der Waals surface area contributed by atoms with Gasteiger partial charge in [-0.25, -0.2) is 9.67 Å². The molecule has 0 unspecified atom stereocenters.